The van der Waals surface area contributed by atoms with Gasteiger partial charge in [0.1, 0.15) is 0 Å². The largest absolute Gasteiger partial charge is 0.380 e. The molecule has 1 heterocycles. The van der Waals surface area contributed by atoms with Crippen molar-refractivity contribution in [2.24, 2.45) is 12.8 Å². The lowest BCUT2D eigenvalue weighted by Gasteiger charge is -2.20. The van der Waals surface area contributed by atoms with Crippen LogP contribution in [0, 0.1) is 0 Å². The molecule has 0 aliphatic heterocycles. The number of hydrogen-bond acceptors (Lipinski definition) is 5. The van der Waals surface area contributed by atoms with Gasteiger partial charge in [-0.15, -0.1) is 10.2 Å². The van der Waals surface area contributed by atoms with Crippen molar-refractivity contribution in [1.82, 2.24) is 20.2 Å². The van der Waals surface area contributed by atoms with E-state index in [1.165, 1.54) is 4.80 Å². The lowest BCUT2D eigenvalue weighted by Crippen LogP contribution is -2.38. The van der Waals surface area contributed by atoms with Crippen LogP contribution in [0.4, 0.5) is 0 Å². The van der Waals surface area contributed by atoms with Crippen LogP contribution in [0.2, 0.25) is 0 Å². The van der Waals surface area contributed by atoms with Gasteiger partial charge in [0.05, 0.1) is 13.2 Å². The van der Waals surface area contributed by atoms with Gasteiger partial charge in [-0.05, 0) is 11.6 Å². The summed E-state index contributed by atoms with van der Waals surface area (Å²) in [6, 6.07) is -0.0702. The summed E-state index contributed by atoms with van der Waals surface area (Å²) < 4.78 is 5.32. The second kappa shape index (κ2) is 5.77. The maximum absolute atomic E-state index is 6.01. The van der Waals surface area contributed by atoms with Crippen LogP contribution < -0.4 is 5.73 Å². The molecule has 0 bridgehead atoms. The lowest BCUT2D eigenvalue weighted by atomic mass is 10.0. The normalized spacial score (nSPS) is 15.2. The molecule has 2 atom stereocenters. The highest BCUT2D eigenvalue weighted by Crippen LogP contribution is 2.07. The van der Waals surface area contributed by atoms with E-state index in [1.54, 1.807) is 14.2 Å². The third kappa shape index (κ3) is 3.56. The van der Waals surface area contributed by atoms with Gasteiger partial charge in [0.2, 0.25) is 0 Å². The van der Waals surface area contributed by atoms with Gasteiger partial charge in [-0.1, -0.05) is 13.3 Å². The molecule has 0 aliphatic rings. The van der Waals surface area contributed by atoms with Crippen molar-refractivity contribution in [3.63, 3.8) is 0 Å². The number of ether oxygens (including phenoxy) is 1. The van der Waals surface area contributed by atoms with Crippen LogP contribution in [-0.4, -0.2) is 39.5 Å². The Morgan fingerprint density at radius 3 is 2.73 bits per heavy atom. The van der Waals surface area contributed by atoms with Crippen LogP contribution in [0.1, 0.15) is 25.6 Å². The summed E-state index contributed by atoms with van der Waals surface area (Å²) in [7, 11) is 3.42. The summed E-state index contributed by atoms with van der Waals surface area (Å²) in [5, 5.41) is 11.7. The van der Waals surface area contributed by atoms with E-state index in [9.17, 15) is 0 Å². The van der Waals surface area contributed by atoms with E-state index in [0.717, 1.165) is 12.8 Å². The van der Waals surface area contributed by atoms with Crippen molar-refractivity contribution < 1.29 is 4.74 Å². The predicted molar refractivity (Wildman–Crippen MR) is 56.2 cm³/mol. The molecule has 0 saturated heterocycles. The van der Waals surface area contributed by atoms with Gasteiger partial charge in [0.15, 0.2) is 5.82 Å². The average molecular weight is 213 g/mol. The number of rotatable bonds is 6. The summed E-state index contributed by atoms with van der Waals surface area (Å²) >= 11 is 0. The monoisotopic (exact) mass is 213 g/mol. The van der Waals surface area contributed by atoms with E-state index in [4.69, 9.17) is 10.5 Å². The van der Waals surface area contributed by atoms with Gasteiger partial charge < -0.3 is 10.5 Å². The van der Waals surface area contributed by atoms with E-state index < -0.39 is 0 Å². The van der Waals surface area contributed by atoms with Gasteiger partial charge >= 0.3 is 0 Å². The highest BCUT2D eigenvalue weighted by molar-refractivity contribution is 4.86. The Hall–Kier alpha value is -1.01. The first-order valence-electron chi connectivity index (χ1n) is 5.18. The van der Waals surface area contributed by atoms with Crippen LogP contribution in [-0.2, 0) is 18.2 Å². The van der Waals surface area contributed by atoms with Gasteiger partial charge in [-0.2, -0.15) is 4.80 Å². The molecule has 6 heteroatoms. The molecular formula is C9H19N5O. The molecule has 2 unspecified atom stereocenters. The molecule has 6 nitrogen and oxygen atoms in total. The van der Waals surface area contributed by atoms with E-state index in [-0.39, 0.29) is 12.1 Å². The SMILES string of the molecule is CCCC(OC)C(N)Cc1nnn(C)n1. The molecule has 15 heavy (non-hydrogen) atoms. The van der Waals surface area contributed by atoms with Gasteiger partial charge in [-0.25, -0.2) is 0 Å². The minimum absolute atomic E-state index is 0.0683. The molecule has 1 aromatic rings. The first kappa shape index (κ1) is 12.1. The second-order valence-electron chi connectivity index (χ2n) is 3.63. The first-order chi connectivity index (χ1) is 7.17. The summed E-state index contributed by atoms with van der Waals surface area (Å²) in [6.07, 6.45) is 2.68. The Labute approximate surface area is 89.8 Å². The van der Waals surface area contributed by atoms with Gasteiger partial charge in [0, 0.05) is 19.6 Å². The first-order valence-corrected chi connectivity index (χ1v) is 5.18. The molecular weight excluding hydrogens is 194 g/mol. The molecule has 0 radical (unpaired) electrons. The van der Waals surface area contributed by atoms with Crippen LogP contribution in [0.15, 0.2) is 0 Å². The van der Waals surface area contributed by atoms with Crippen molar-refractivity contribution in [2.45, 2.75) is 38.3 Å². The third-order valence-electron chi connectivity index (χ3n) is 2.32. The Bertz CT molecular complexity index is 288. The topological polar surface area (TPSA) is 78.9 Å². The fourth-order valence-corrected chi connectivity index (χ4v) is 1.54. The predicted octanol–water partition coefficient (Wildman–Crippen LogP) is -0.105. The van der Waals surface area contributed by atoms with E-state index in [1.807, 2.05) is 0 Å². The highest BCUT2D eigenvalue weighted by Gasteiger charge is 2.18. The van der Waals surface area contributed by atoms with Crippen molar-refractivity contribution in [3.05, 3.63) is 5.82 Å². The molecule has 0 amide bonds. The summed E-state index contributed by atoms with van der Waals surface area (Å²) in [4.78, 5) is 1.43. The maximum Gasteiger partial charge on any atom is 0.176 e. The molecule has 0 spiro atoms. The van der Waals surface area contributed by atoms with E-state index in [0.29, 0.717) is 12.2 Å². The zero-order chi connectivity index (χ0) is 11.3. The smallest absolute Gasteiger partial charge is 0.176 e. The lowest BCUT2D eigenvalue weighted by molar-refractivity contribution is 0.0721. The minimum atomic E-state index is -0.0702. The Morgan fingerprint density at radius 1 is 1.53 bits per heavy atom. The Morgan fingerprint density at radius 2 is 2.27 bits per heavy atom. The average Bonchev–Trinajstić information content (AvgIpc) is 2.60. The Kier molecular flexibility index (Phi) is 4.64. The molecule has 86 valence electrons. The van der Waals surface area contributed by atoms with Gasteiger partial charge in [0.25, 0.3) is 0 Å². The maximum atomic E-state index is 6.01. The molecule has 2 N–H and O–H groups in total. The van der Waals surface area contributed by atoms with Crippen molar-refractivity contribution in [2.75, 3.05) is 7.11 Å². The number of aromatic nitrogens is 4. The zero-order valence-electron chi connectivity index (χ0n) is 9.55. The number of nitrogens with two attached hydrogens (primary N) is 1. The van der Waals surface area contributed by atoms with Crippen LogP contribution >= 0.6 is 0 Å². The number of tetrazole rings is 1. The molecule has 1 rings (SSSR count). The summed E-state index contributed by atoms with van der Waals surface area (Å²) in [5.74, 6) is 0.670. The number of hydrogen-bond donors (Lipinski definition) is 1. The summed E-state index contributed by atoms with van der Waals surface area (Å²) in [6.45, 7) is 2.11. The van der Waals surface area contributed by atoms with Crippen LogP contribution in [0.3, 0.4) is 0 Å². The molecule has 0 aromatic carbocycles. The van der Waals surface area contributed by atoms with Crippen molar-refractivity contribution in [3.8, 4) is 0 Å². The van der Waals surface area contributed by atoms with Gasteiger partial charge in [-0.3, -0.25) is 0 Å². The van der Waals surface area contributed by atoms with E-state index >= 15 is 0 Å². The van der Waals surface area contributed by atoms with Crippen LogP contribution in [0.5, 0.6) is 0 Å². The standard InChI is InChI=1S/C9H19N5O/c1-4-5-8(15-3)7(10)6-9-11-13-14(2)12-9/h7-8H,4-6,10H2,1-3H3. The van der Waals surface area contributed by atoms with Crippen molar-refractivity contribution >= 4 is 0 Å². The number of nitrogens with zero attached hydrogens (tertiary/aromatic N) is 4. The summed E-state index contributed by atoms with van der Waals surface area (Å²) in [5.41, 5.74) is 6.01. The third-order valence-corrected chi connectivity index (χ3v) is 2.32. The highest BCUT2D eigenvalue weighted by atomic mass is 16.5. The number of methoxy groups -OCH3 is 1. The van der Waals surface area contributed by atoms with E-state index in [2.05, 4.69) is 22.3 Å². The molecule has 0 saturated carbocycles. The molecule has 0 fully saturated rings. The second-order valence-corrected chi connectivity index (χ2v) is 3.63. The fraction of sp³-hybridized carbons (Fsp3) is 0.889. The quantitative estimate of drug-likeness (QED) is 0.713. The molecule has 1 aromatic heterocycles. The van der Waals surface area contributed by atoms with Crippen LogP contribution in [0.25, 0.3) is 0 Å². The fourth-order valence-electron chi connectivity index (χ4n) is 1.54. The zero-order valence-corrected chi connectivity index (χ0v) is 9.55. The minimum Gasteiger partial charge on any atom is -0.380 e. The van der Waals surface area contributed by atoms with Crippen molar-refractivity contribution in [1.29, 1.82) is 0 Å². The molecule has 0 aliphatic carbocycles. The Balaban J connectivity index is 2.49. The number of aryl methyl sites for hydroxylation is 1.